The lowest BCUT2D eigenvalue weighted by Crippen LogP contribution is -2.53. The topological polar surface area (TPSA) is 184 Å². The van der Waals surface area contributed by atoms with Crippen molar-refractivity contribution in [2.24, 2.45) is 5.73 Å². The first-order valence-electron chi connectivity index (χ1n) is 11.8. The van der Waals surface area contributed by atoms with Gasteiger partial charge in [-0.3, -0.25) is 23.7 Å². The lowest BCUT2D eigenvalue weighted by Gasteiger charge is -2.28. The molecule has 0 saturated carbocycles. The second kappa shape index (κ2) is 11.7. The Morgan fingerprint density at radius 2 is 1.97 bits per heavy atom. The molecule has 5 N–H and O–H groups in total. The second-order valence-electron chi connectivity index (χ2n) is 9.06. The van der Waals surface area contributed by atoms with E-state index in [0.717, 1.165) is 10.6 Å². The maximum atomic E-state index is 13.7. The first kappa shape index (κ1) is 28.8. The minimum atomic E-state index is -4.23. The Bertz CT molecular complexity index is 1230. The molecule has 1 fully saturated rings. The molecule has 204 valence electrons. The number of esters is 1. The van der Waals surface area contributed by atoms with Crippen molar-refractivity contribution in [1.82, 2.24) is 14.6 Å². The van der Waals surface area contributed by atoms with Gasteiger partial charge in [-0.05, 0) is 39.3 Å². The van der Waals surface area contributed by atoms with Gasteiger partial charge in [-0.25, -0.2) is 9.36 Å². The molecule has 1 aliphatic heterocycles. The minimum Gasteiger partial charge on any atom is -0.462 e. The fraction of sp³-hybridized carbons (Fsp3) is 0.522. The average Bonchev–Trinajstić information content (AvgIpc) is 3.06. The van der Waals surface area contributed by atoms with Crippen molar-refractivity contribution in [3.05, 3.63) is 63.4 Å². The van der Waals surface area contributed by atoms with Crippen molar-refractivity contribution in [1.29, 1.82) is 0 Å². The van der Waals surface area contributed by atoms with Gasteiger partial charge in [-0.1, -0.05) is 25.1 Å². The number of aromatic amines is 1. The zero-order valence-corrected chi connectivity index (χ0v) is 21.9. The molecule has 0 spiro atoms. The first-order chi connectivity index (χ1) is 17.4. The van der Waals surface area contributed by atoms with E-state index in [0.29, 0.717) is 6.42 Å². The molecule has 37 heavy (non-hydrogen) atoms. The number of aromatic nitrogens is 2. The quantitative estimate of drug-likeness (QED) is 0.236. The summed E-state index contributed by atoms with van der Waals surface area (Å²) in [6.07, 6.45) is -2.23. The van der Waals surface area contributed by atoms with Crippen LogP contribution in [0.2, 0.25) is 0 Å². The molecular weight excluding hydrogens is 507 g/mol. The number of aliphatic hydroxyl groups excluding tert-OH is 1. The van der Waals surface area contributed by atoms with Crippen LogP contribution < -0.4 is 26.6 Å². The van der Waals surface area contributed by atoms with Crippen molar-refractivity contribution in [3.63, 3.8) is 0 Å². The normalized spacial score (nSPS) is 26.7. The molecule has 7 atom stereocenters. The van der Waals surface area contributed by atoms with Gasteiger partial charge >= 0.3 is 19.4 Å². The molecule has 1 aliphatic rings. The summed E-state index contributed by atoms with van der Waals surface area (Å²) in [5.74, 6) is -0.450. The van der Waals surface area contributed by atoms with Crippen LogP contribution in [0.25, 0.3) is 0 Å². The number of nitrogens with two attached hydrogens (primary N) is 1. The van der Waals surface area contributed by atoms with Gasteiger partial charge < -0.3 is 24.8 Å². The molecule has 3 rings (SSSR count). The summed E-state index contributed by atoms with van der Waals surface area (Å²) in [5.41, 5.74) is 3.41. The monoisotopic (exact) mass is 540 g/mol. The number of aliphatic hydroxyl groups is 1. The number of carbonyl (C=O) groups is 1. The highest BCUT2D eigenvalue weighted by molar-refractivity contribution is 7.52. The lowest BCUT2D eigenvalue weighted by molar-refractivity contribution is -0.150. The molecule has 2 aromatic rings. The van der Waals surface area contributed by atoms with Gasteiger partial charge in [0.2, 0.25) is 0 Å². The smallest absolute Gasteiger partial charge is 0.459 e. The predicted octanol–water partition coefficient (Wildman–Crippen LogP) is 1.04. The van der Waals surface area contributed by atoms with Crippen molar-refractivity contribution >= 4 is 13.7 Å². The third-order valence-electron chi connectivity index (χ3n) is 5.90. The van der Waals surface area contributed by atoms with E-state index in [1.54, 1.807) is 37.3 Å². The number of ether oxygens (including phenoxy) is 2. The van der Waals surface area contributed by atoms with Crippen molar-refractivity contribution in [2.75, 3.05) is 6.61 Å². The Balaban J connectivity index is 1.79. The Kier molecular flexibility index (Phi) is 9.11. The minimum absolute atomic E-state index is 0.204. The van der Waals surface area contributed by atoms with Gasteiger partial charge in [-0.15, -0.1) is 0 Å². The van der Waals surface area contributed by atoms with Crippen LogP contribution in [-0.2, 0) is 23.4 Å². The SMILES string of the molecule is CC[C@H](C)OC(=O)[C@H](C)NP(=O)(OC[C@H]1O[C@@H](n2ccc(=O)[nH]c2=O)[C@](C)(N)[C@@H]1O)Oc1ccccc1. The molecule has 14 heteroatoms. The van der Waals surface area contributed by atoms with E-state index in [9.17, 15) is 24.1 Å². The molecule has 0 amide bonds. The number of hydrogen-bond acceptors (Lipinski definition) is 10. The Morgan fingerprint density at radius 1 is 1.30 bits per heavy atom. The molecule has 13 nitrogen and oxygen atoms in total. The third kappa shape index (κ3) is 6.95. The zero-order chi connectivity index (χ0) is 27.4. The number of benzene rings is 1. The lowest BCUT2D eigenvalue weighted by atomic mass is 9.93. The van der Waals surface area contributed by atoms with Gasteiger partial charge in [0, 0.05) is 12.3 Å². The van der Waals surface area contributed by atoms with Crippen molar-refractivity contribution in [2.45, 2.75) is 70.2 Å². The fourth-order valence-corrected chi connectivity index (χ4v) is 5.10. The standard InChI is InChI=1S/C23H33N4O9P/c1-5-14(2)34-20(30)15(3)26-37(32,36-16-9-7-6-8-10-16)33-13-17-19(29)23(4,24)21(35-17)27-12-11-18(28)25-22(27)31/h6-12,14-15,17,19,21,29H,5,13,24H2,1-4H3,(H,26,32)(H,25,28,31)/t14-,15-,17+,19+,21+,23+,37?/m0/s1. The van der Waals surface area contributed by atoms with E-state index in [-0.39, 0.29) is 11.9 Å². The van der Waals surface area contributed by atoms with E-state index in [1.807, 2.05) is 6.92 Å². The Morgan fingerprint density at radius 3 is 2.59 bits per heavy atom. The van der Waals surface area contributed by atoms with Crippen molar-refractivity contribution < 1.29 is 33.0 Å². The van der Waals surface area contributed by atoms with Crippen molar-refractivity contribution in [3.8, 4) is 5.75 Å². The number of para-hydroxylation sites is 1. The van der Waals surface area contributed by atoms with Crippen LogP contribution in [-0.4, -0.2) is 57.1 Å². The van der Waals surface area contributed by atoms with Gasteiger partial charge in [0.1, 0.15) is 24.0 Å². The van der Waals surface area contributed by atoms with Gasteiger partial charge in [0.05, 0.1) is 18.2 Å². The van der Waals surface area contributed by atoms with E-state index in [4.69, 9.17) is 24.3 Å². The summed E-state index contributed by atoms with van der Waals surface area (Å²) in [6, 6.07) is 8.22. The highest BCUT2D eigenvalue weighted by Gasteiger charge is 2.52. The number of carbonyl (C=O) groups excluding carboxylic acids is 1. The highest BCUT2D eigenvalue weighted by atomic mass is 31.2. The van der Waals surface area contributed by atoms with E-state index < -0.39 is 61.6 Å². The summed E-state index contributed by atoms with van der Waals surface area (Å²) in [4.78, 5) is 38.2. The molecule has 0 aliphatic carbocycles. The largest absolute Gasteiger partial charge is 0.462 e. The van der Waals surface area contributed by atoms with Gasteiger partial charge in [0.15, 0.2) is 6.23 Å². The first-order valence-corrected chi connectivity index (χ1v) is 13.3. The summed E-state index contributed by atoms with van der Waals surface area (Å²) >= 11 is 0. The predicted molar refractivity (Wildman–Crippen MR) is 133 cm³/mol. The molecule has 0 bridgehead atoms. The summed E-state index contributed by atoms with van der Waals surface area (Å²) in [6.45, 7) is 6.02. The van der Waals surface area contributed by atoms with Crippen LogP contribution >= 0.6 is 7.75 Å². The average molecular weight is 541 g/mol. The van der Waals surface area contributed by atoms with Crippen LogP contribution in [0, 0.1) is 0 Å². The number of H-pyrrole nitrogens is 1. The maximum absolute atomic E-state index is 13.7. The molecule has 1 saturated heterocycles. The molecular formula is C23H33N4O9P. The third-order valence-corrected chi connectivity index (χ3v) is 7.55. The number of rotatable bonds is 11. The summed E-state index contributed by atoms with van der Waals surface area (Å²) in [7, 11) is -4.23. The molecule has 1 aromatic carbocycles. The van der Waals surface area contributed by atoms with Crippen LogP contribution in [0.5, 0.6) is 5.75 Å². The molecule has 0 radical (unpaired) electrons. The number of nitrogens with one attached hydrogen (secondary N) is 2. The highest BCUT2D eigenvalue weighted by Crippen LogP contribution is 2.46. The van der Waals surface area contributed by atoms with E-state index in [2.05, 4.69) is 10.1 Å². The number of hydrogen-bond donors (Lipinski definition) is 4. The summed E-state index contributed by atoms with van der Waals surface area (Å²) < 4.78 is 37.0. The van der Waals surface area contributed by atoms with E-state index in [1.165, 1.54) is 20.0 Å². The van der Waals surface area contributed by atoms with Gasteiger partial charge in [0.25, 0.3) is 5.56 Å². The van der Waals surface area contributed by atoms with Crippen LogP contribution in [0.4, 0.5) is 0 Å². The maximum Gasteiger partial charge on any atom is 0.459 e. The Labute approximate surface area is 213 Å². The van der Waals surface area contributed by atoms with Gasteiger partial charge in [-0.2, -0.15) is 5.09 Å². The Hall–Kier alpha value is -2.80. The van der Waals surface area contributed by atoms with Crippen LogP contribution in [0.1, 0.15) is 40.3 Å². The van der Waals surface area contributed by atoms with E-state index >= 15 is 0 Å². The molecule has 1 unspecified atom stereocenters. The van der Waals surface area contributed by atoms with Crippen LogP contribution in [0.3, 0.4) is 0 Å². The number of nitrogens with zero attached hydrogens (tertiary/aromatic N) is 1. The fourth-order valence-electron chi connectivity index (χ4n) is 3.60. The molecule has 2 heterocycles. The van der Waals surface area contributed by atoms with Crippen LogP contribution in [0.15, 0.2) is 52.2 Å². The molecule has 1 aromatic heterocycles. The second-order valence-corrected chi connectivity index (χ2v) is 10.8. The summed E-state index contributed by atoms with van der Waals surface area (Å²) in [5, 5.41) is 13.4. The zero-order valence-electron chi connectivity index (χ0n) is 21.0.